The molecule has 2 fully saturated rings. The lowest BCUT2D eigenvalue weighted by Gasteiger charge is -2.37. The Morgan fingerprint density at radius 2 is 1.73 bits per heavy atom. The molecule has 0 radical (unpaired) electrons. The molecule has 2 atom stereocenters. The van der Waals surface area contributed by atoms with Crippen molar-refractivity contribution in [3.05, 3.63) is 65.5 Å². The molecule has 0 bridgehead atoms. The maximum Gasteiger partial charge on any atom is 0.418 e. The van der Waals surface area contributed by atoms with E-state index in [2.05, 4.69) is 5.32 Å². The topological polar surface area (TPSA) is 61.9 Å². The summed E-state index contributed by atoms with van der Waals surface area (Å²) in [4.78, 5) is 28.1. The van der Waals surface area contributed by atoms with E-state index in [1.807, 2.05) is 37.3 Å². The molecule has 2 aromatic rings. The molecule has 6 nitrogen and oxygen atoms in total. The first kappa shape index (κ1) is 22.9. The number of urea groups is 1. The van der Waals surface area contributed by atoms with E-state index in [0.717, 1.165) is 17.7 Å². The van der Waals surface area contributed by atoms with E-state index in [1.165, 1.54) is 4.90 Å². The Hall–Kier alpha value is -3.30. The predicted molar refractivity (Wildman–Crippen MR) is 112 cm³/mol. The van der Waals surface area contributed by atoms with E-state index in [-0.39, 0.29) is 25.2 Å². The summed E-state index contributed by atoms with van der Waals surface area (Å²) in [6.07, 6.45) is -4.78. The number of alkyl halides is 3. The largest absolute Gasteiger partial charge is 0.439 e. The molecule has 33 heavy (non-hydrogen) atoms. The van der Waals surface area contributed by atoms with Gasteiger partial charge in [-0.1, -0.05) is 36.4 Å². The van der Waals surface area contributed by atoms with Crippen molar-refractivity contribution in [2.75, 3.05) is 18.4 Å². The average Bonchev–Trinajstić information content (AvgIpc) is 3.09. The van der Waals surface area contributed by atoms with E-state index in [4.69, 9.17) is 4.74 Å². The number of cyclic esters (lactones) is 1. The first-order valence-electron chi connectivity index (χ1n) is 10.6. The highest BCUT2D eigenvalue weighted by molar-refractivity contribution is 5.90. The fraction of sp³-hybridized carbons (Fsp3) is 0.391. The maximum atomic E-state index is 14.0. The Balaban J connectivity index is 1.40. The summed E-state index contributed by atoms with van der Waals surface area (Å²) >= 11 is 0. The van der Waals surface area contributed by atoms with Gasteiger partial charge in [0.2, 0.25) is 0 Å². The molecule has 3 amide bonds. The van der Waals surface area contributed by atoms with Crippen molar-refractivity contribution in [2.24, 2.45) is 0 Å². The van der Waals surface area contributed by atoms with Crippen molar-refractivity contribution in [3.63, 3.8) is 0 Å². The molecule has 2 aliphatic heterocycles. The number of nitrogens with one attached hydrogen (secondary N) is 1. The smallest absolute Gasteiger partial charge is 0.418 e. The van der Waals surface area contributed by atoms with Crippen LogP contribution in [0.25, 0.3) is 0 Å². The van der Waals surface area contributed by atoms with Crippen LogP contribution in [0.5, 0.6) is 0 Å². The van der Waals surface area contributed by atoms with Crippen LogP contribution in [-0.2, 0) is 10.9 Å². The van der Waals surface area contributed by atoms with Gasteiger partial charge >= 0.3 is 18.3 Å². The standard InChI is InChI=1S/C23H23F4N3O3/c1-14-20(15-6-3-2-4-7-15)33-22(32)30(14)16-10-12-29(13-11-16)21(31)28-19-17(23(25,26)27)8-5-9-18(19)24/h2-9,14,16,20H,10-13H2,1H3,(H,28,31)/t14-,20-/m0/s1. The van der Waals surface area contributed by atoms with Crippen LogP contribution in [0.1, 0.15) is 37.0 Å². The number of carbonyl (C=O) groups is 2. The molecule has 4 rings (SSSR count). The monoisotopic (exact) mass is 465 g/mol. The normalized spacial score (nSPS) is 21.8. The second-order valence-electron chi connectivity index (χ2n) is 8.17. The van der Waals surface area contributed by atoms with Crippen molar-refractivity contribution in [3.8, 4) is 0 Å². The van der Waals surface area contributed by atoms with Crippen molar-refractivity contribution in [2.45, 2.75) is 44.1 Å². The number of likely N-dealkylation sites (tertiary alicyclic amines) is 1. The number of para-hydroxylation sites is 1. The molecule has 176 valence electrons. The molecule has 1 N–H and O–H groups in total. The van der Waals surface area contributed by atoms with Gasteiger partial charge in [-0.15, -0.1) is 0 Å². The number of piperidine rings is 1. The number of benzene rings is 2. The van der Waals surface area contributed by atoms with Crippen LogP contribution >= 0.6 is 0 Å². The van der Waals surface area contributed by atoms with Gasteiger partial charge in [0.1, 0.15) is 11.9 Å². The number of ether oxygens (including phenoxy) is 1. The molecule has 2 saturated heterocycles. The third kappa shape index (κ3) is 4.60. The van der Waals surface area contributed by atoms with Crippen LogP contribution in [0.2, 0.25) is 0 Å². The molecule has 0 unspecified atom stereocenters. The molecule has 2 aliphatic rings. The van der Waals surface area contributed by atoms with Crippen molar-refractivity contribution < 1.29 is 31.9 Å². The van der Waals surface area contributed by atoms with Crippen molar-refractivity contribution in [1.29, 1.82) is 0 Å². The van der Waals surface area contributed by atoms with Crippen LogP contribution in [0.3, 0.4) is 0 Å². The van der Waals surface area contributed by atoms with Gasteiger partial charge in [-0.2, -0.15) is 13.2 Å². The molecule has 10 heteroatoms. The Labute approximate surface area is 188 Å². The summed E-state index contributed by atoms with van der Waals surface area (Å²) in [5, 5.41) is 2.07. The third-order valence-corrected chi connectivity index (χ3v) is 6.14. The second-order valence-corrected chi connectivity index (χ2v) is 8.17. The summed E-state index contributed by atoms with van der Waals surface area (Å²) in [5.41, 5.74) is -1.24. The summed E-state index contributed by atoms with van der Waals surface area (Å²) in [5.74, 6) is -1.16. The number of hydrogen-bond acceptors (Lipinski definition) is 3. The quantitative estimate of drug-likeness (QED) is 0.616. The highest BCUT2D eigenvalue weighted by Crippen LogP contribution is 2.37. The van der Waals surface area contributed by atoms with Gasteiger partial charge in [-0.05, 0) is 37.5 Å². The summed E-state index contributed by atoms with van der Waals surface area (Å²) in [7, 11) is 0. The fourth-order valence-corrected chi connectivity index (χ4v) is 4.47. The highest BCUT2D eigenvalue weighted by atomic mass is 19.4. The van der Waals surface area contributed by atoms with Crippen LogP contribution in [0.15, 0.2) is 48.5 Å². The Bertz CT molecular complexity index is 1020. The summed E-state index contributed by atoms with van der Waals surface area (Å²) < 4.78 is 59.2. The minimum absolute atomic E-state index is 0.176. The van der Waals surface area contributed by atoms with Crippen molar-refractivity contribution in [1.82, 2.24) is 9.80 Å². The molecule has 2 heterocycles. The third-order valence-electron chi connectivity index (χ3n) is 6.14. The van der Waals surface area contributed by atoms with Gasteiger partial charge in [0.15, 0.2) is 0 Å². The van der Waals surface area contributed by atoms with E-state index in [1.54, 1.807) is 4.90 Å². The molecule has 0 saturated carbocycles. The first-order valence-corrected chi connectivity index (χ1v) is 10.6. The molecular formula is C23H23F4N3O3. The van der Waals surface area contributed by atoms with Crippen LogP contribution in [0, 0.1) is 5.82 Å². The van der Waals surface area contributed by atoms with Crippen LogP contribution in [0.4, 0.5) is 32.8 Å². The molecule has 0 aliphatic carbocycles. The summed E-state index contributed by atoms with van der Waals surface area (Å²) in [6, 6.07) is 10.7. The molecule has 0 spiro atoms. The number of hydrogen-bond donors (Lipinski definition) is 1. The number of rotatable bonds is 3. The minimum Gasteiger partial charge on any atom is -0.439 e. The van der Waals surface area contributed by atoms with Gasteiger partial charge < -0.3 is 15.0 Å². The second kappa shape index (κ2) is 8.92. The molecule has 2 aromatic carbocycles. The van der Waals surface area contributed by atoms with Gasteiger partial charge in [-0.3, -0.25) is 4.90 Å². The maximum absolute atomic E-state index is 14.0. The number of nitrogens with zero attached hydrogens (tertiary/aromatic N) is 2. The fourth-order valence-electron chi connectivity index (χ4n) is 4.47. The van der Waals surface area contributed by atoms with E-state index in [9.17, 15) is 27.2 Å². The van der Waals surface area contributed by atoms with Gasteiger partial charge in [0.05, 0.1) is 17.3 Å². The Kier molecular flexibility index (Phi) is 6.18. The van der Waals surface area contributed by atoms with E-state index in [0.29, 0.717) is 18.9 Å². The zero-order chi connectivity index (χ0) is 23.8. The SMILES string of the molecule is C[C@H]1[C@@H](c2ccccc2)OC(=O)N1C1CCN(C(=O)Nc2c(F)cccc2C(F)(F)F)CC1. The Morgan fingerprint density at radius 1 is 1.06 bits per heavy atom. The Morgan fingerprint density at radius 3 is 2.36 bits per heavy atom. The van der Waals surface area contributed by atoms with Crippen LogP contribution in [-0.4, -0.2) is 47.1 Å². The predicted octanol–water partition coefficient (Wildman–Crippen LogP) is 5.42. The zero-order valence-electron chi connectivity index (χ0n) is 17.8. The molecular weight excluding hydrogens is 442 g/mol. The highest BCUT2D eigenvalue weighted by Gasteiger charge is 2.44. The summed E-state index contributed by atoms with van der Waals surface area (Å²) in [6.45, 7) is 2.32. The number of amides is 3. The lowest BCUT2D eigenvalue weighted by molar-refractivity contribution is -0.137. The average molecular weight is 465 g/mol. The number of anilines is 1. The van der Waals surface area contributed by atoms with E-state index < -0.39 is 41.5 Å². The van der Waals surface area contributed by atoms with Gasteiger partial charge in [-0.25, -0.2) is 14.0 Å². The molecule has 0 aromatic heterocycles. The lowest BCUT2D eigenvalue weighted by atomic mass is 9.98. The van der Waals surface area contributed by atoms with E-state index >= 15 is 0 Å². The lowest BCUT2D eigenvalue weighted by Crippen LogP contribution is -2.50. The number of halogens is 4. The van der Waals surface area contributed by atoms with Crippen molar-refractivity contribution >= 4 is 17.8 Å². The minimum atomic E-state index is -4.81. The first-order chi connectivity index (χ1) is 15.7. The van der Waals surface area contributed by atoms with Gasteiger partial charge in [0.25, 0.3) is 0 Å². The van der Waals surface area contributed by atoms with Gasteiger partial charge in [0, 0.05) is 19.1 Å². The van der Waals surface area contributed by atoms with Crippen LogP contribution < -0.4 is 5.32 Å². The number of carbonyl (C=O) groups excluding carboxylic acids is 2. The zero-order valence-corrected chi connectivity index (χ0v) is 17.8.